The van der Waals surface area contributed by atoms with E-state index in [1.165, 1.54) is 12.1 Å². The molecule has 45 heavy (non-hydrogen) atoms. The van der Waals surface area contributed by atoms with Gasteiger partial charge in [0.2, 0.25) is 11.7 Å². The largest absolute Gasteiger partial charge is 0.480 e. The molecule has 0 aliphatic heterocycles. The maximum Gasteiger partial charge on any atom is 0.329 e. The number of nitrogens with one attached hydrogen (secondary N) is 1. The van der Waals surface area contributed by atoms with E-state index in [1.54, 1.807) is 31.2 Å². The number of esters is 1. The van der Waals surface area contributed by atoms with E-state index in [2.05, 4.69) is 12.2 Å². The van der Waals surface area contributed by atoms with Gasteiger partial charge in [0.1, 0.15) is 17.5 Å². The Morgan fingerprint density at radius 1 is 1.02 bits per heavy atom. The van der Waals surface area contributed by atoms with E-state index in [4.69, 9.17) is 4.74 Å². The lowest BCUT2D eigenvalue weighted by molar-refractivity contribution is -0.173. The van der Waals surface area contributed by atoms with Crippen molar-refractivity contribution in [3.8, 4) is 0 Å². The standard InChI is InChI=1S/C34H41NO10/c1-32-14-12-21(36)16-20(32)8-9-22-23-13-15-34(44,33(23,2)17-24(37)28(22)32)25(38)18-45-27(40)11-10-26(39)35-29(31(42)43)30(41)19-6-4-3-5-7-19/h3-7,16,22-23,28-30,41,44H,8-15,17-18H2,1-2H3,(H,35,39)(H,42,43)/t22-,23+,28+,29-,30+,32-,33+,34-/m0/s1. The van der Waals surface area contributed by atoms with Crippen LogP contribution >= 0.6 is 0 Å². The third-order valence-corrected chi connectivity index (χ3v) is 11.2. The molecular formula is C34H41NO10. The van der Waals surface area contributed by atoms with Gasteiger partial charge in [0.05, 0.1) is 6.42 Å². The molecule has 0 bridgehead atoms. The Morgan fingerprint density at radius 2 is 1.73 bits per heavy atom. The normalized spacial score (nSPS) is 33.5. The zero-order valence-electron chi connectivity index (χ0n) is 25.6. The van der Waals surface area contributed by atoms with Crippen molar-refractivity contribution in [2.45, 2.75) is 89.4 Å². The van der Waals surface area contributed by atoms with Gasteiger partial charge in [0.25, 0.3) is 0 Å². The van der Waals surface area contributed by atoms with Crippen LogP contribution in [0.2, 0.25) is 0 Å². The molecule has 11 heteroatoms. The van der Waals surface area contributed by atoms with Crippen molar-refractivity contribution in [1.29, 1.82) is 0 Å². The monoisotopic (exact) mass is 623 g/mol. The van der Waals surface area contributed by atoms with Gasteiger partial charge in [-0.15, -0.1) is 0 Å². The van der Waals surface area contributed by atoms with E-state index in [1.807, 2.05) is 0 Å². The SMILES string of the molecule is C[C@]12CCC(=O)C=C1CC[C@H]1[C@H]3CC[C@](O)(C(=O)COC(=O)CCC(=O)N[C@H](C(=O)O)[C@H](O)c4ccccc4)[C@]3(C)CC(=O)[C@@H]12. The number of aliphatic hydroxyl groups is 2. The number of hydrogen-bond donors (Lipinski definition) is 4. The van der Waals surface area contributed by atoms with Crippen LogP contribution in [-0.2, 0) is 33.5 Å². The Labute approximate surface area is 261 Å². The lowest BCUT2D eigenvalue weighted by Crippen LogP contribution is -2.61. The van der Waals surface area contributed by atoms with E-state index in [0.717, 1.165) is 5.57 Å². The summed E-state index contributed by atoms with van der Waals surface area (Å²) in [4.78, 5) is 75.9. The summed E-state index contributed by atoms with van der Waals surface area (Å²) in [6.07, 6.45) is 2.45. The molecule has 8 atom stereocenters. The zero-order valence-corrected chi connectivity index (χ0v) is 25.6. The third-order valence-electron chi connectivity index (χ3n) is 11.2. The van der Waals surface area contributed by atoms with Gasteiger partial charge in [0, 0.05) is 30.6 Å². The highest BCUT2D eigenvalue weighted by Gasteiger charge is 2.68. The number of Topliss-reactive ketones (excluding diaryl/α,β-unsaturated/α-hetero) is 2. The van der Waals surface area contributed by atoms with E-state index >= 15 is 0 Å². The number of aliphatic hydroxyl groups excluding tert-OH is 1. The van der Waals surface area contributed by atoms with Crippen LogP contribution in [0.4, 0.5) is 0 Å². The number of aliphatic carboxylic acids is 1. The van der Waals surface area contributed by atoms with Crippen LogP contribution in [0.5, 0.6) is 0 Å². The minimum Gasteiger partial charge on any atom is -0.480 e. The summed E-state index contributed by atoms with van der Waals surface area (Å²) in [5.41, 5.74) is -1.96. The number of ether oxygens (including phenoxy) is 1. The molecule has 1 aromatic rings. The minimum atomic E-state index is -1.86. The molecule has 0 saturated heterocycles. The fourth-order valence-corrected chi connectivity index (χ4v) is 8.76. The maximum absolute atomic E-state index is 13.8. The van der Waals surface area contributed by atoms with Crippen LogP contribution in [0.1, 0.15) is 83.3 Å². The van der Waals surface area contributed by atoms with Crippen molar-refractivity contribution < 1.29 is 48.8 Å². The van der Waals surface area contributed by atoms with Crippen LogP contribution in [-0.4, -0.2) is 68.8 Å². The van der Waals surface area contributed by atoms with Crippen molar-refractivity contribution >= 4 is 35.2 Å². The van der Waals surface area contributed by atoms with Crippen molar-refractivity contribution in [2.75, 3.05) is 6.61 Å². The molecule has 0 unspecified atom stereocenters. The number of ketones is 3. The van der Waals surface area contributed by atoms with Gasteiger partial charge in [-0.2, -0.15) is 0 Å². The Kier molecular flexibility index (Phi) is 8.89. The lowest BCUT2D eigenvalue weighted by atomic mass is 9.46. The maximum atomic E-state index is 13.8. The molecule has 11 nitrogen and oxygen atoms in total. The number of hydrogen-bond acceptors (Lipinski definition) is 9. The number of fused-ring (bicyclic) bond motifs is 5. The molecule has 242 valence electrons. The number of benzene rings is 1. The molecule has 0 spiro atoms. The van der Waals surface area contributed by atoms with Crippen LogP contribution < -0.4 is 5.32 Å². The van der Waals surface area contributed by atoms with E-state index < -0.39 is 71.7 Å². The predicted octanol–water partition coefficient (Wildman–Crippen LogP) is 2.62. The summed E-state index contributed by atoms with van der Waals surface area (Å²) in [6, 6.07) is 6.33. The first-order valence-corrected chi connectivity index (χ1v) is 15.6. The number of carboxylic acid groups (broad SMARTS) is 1. The number of rotatable bonds is 10. The predicted molar refractivity (Wildman–Crippen MR) is 158 cm³/mol. The summed E-state index contributed by atoms with van der Waals surface area (Å²) in [6.45, 7) is 3.13. The van der Waals surface area contributed by atoms with Gasteiger partial charge in [-0.1, -0.05) is 49.8 Å². The zero-order chi connectivity index (χ0) is 32.7. The average molecular weight is 624 g/mol. The molecule has 4 aliphatic rings. The van der Waals surface area contributed by atoms with E-state index in [-0.39, 0.29) is 42.2 Å². The topological polar surface area (TPSA) is 184 Å². The number of amides is 1. The lowest BCUT2D eigenvalue weighted by Gasteiger charge is -2.57. The summed E-state index contributed by atoms with van der Waals surface area (Å²) in [5.74, 6) is -4.12. The summed E-state index contributed by atoms with van der Waals surface area (Å²) >= 11 is 0. The van der Waals surface area contributed by atoms with Gasteiger partial charge in [-0.25, -0.2) is 4.79 Å². The van der Waals surface area contributed by atoms with Crippen molar-refractivity contribution in [3.05, 3.63) is 47.5 Å². The minimum absolute atomic E-state index is 0.00520. The fourth-order valence-electron chi connectivity index (χ4n) is 8.76. The Morgan fingerprint density at radius 3 is 2.42 bits per heavy atom. The second-order valence-electron chi connectivity index (χ2n) is 13.6. The average Bonchev–Trinajstić information content (AvgIpc) is 3.28. The summed E-state index contributed by atoms with van der Waals surface area (Å²) < 4.78 is 5.14. The molecule has 3 saturated carbocycles. The quantitative estimate of drug-likeness (QED) is 0.283. The first-order valence-electron chi connectivity index (χ1n) is 15.6. The highest BCUT2D eigenvalue weighted by Crippen LogP contribution is 2.66. The van der Waals surface area contributed by atoms with Gasteiger partial charge in [-0.3, -0.25) is 24.0 Å². The van der Waals surface area contributed by atoms with Crippen molar-refractivity contribution in [2.24, 2.45) is 28.6 Å². The first kappa shape index (κ1) is 32.7. The first-order chi connectivity index (χ1) is 21.2. The molecule has 0 heterocycles. The highest BCUT2D eigenvalue weighted by molar-refractivity contribution is 5.95. The van der Waals surface area contributed by atoms with Crippen LogP contribution in [0.3, 0.4) is 0 Å². The molecule has 5 rings (SSSR count). The van der Waals surface area contributed by atoms with Crippen molar-refractivity contribution in [3.63, 3.8) is 0 Å². The Balaban J connectivity index is 1.17. The molecule has 4 N–H and O–H groups in total. The smallest absolute Gasteiger partial charge is 0.329 e. The highest BCUT2D eigenvalue weighted by atomic mass is 16.5. The Bertz CT molecular complexity index is 1440. The summed E-state index contributed by atoms with van der Waals surface area (Å²) in [5, 5.41) is 33.9. The van der Waals surface area contributed by atoms with Crippen LogP contribution in [0.15, 0.2) is 42.0 Å². The fraction of sp³-hybridized carbons (Fsp3) is 0.588. The van der Waals surface area contributed by atoms with E-state index in [0.29, 0.717) is 37.7 Å². The van der Waals surface area contributed by atoms with Crippen LogP contribution in [0.25, 0.3) is 0 Å². The third kappa shape index (κ3) is 5.76. The number of carboxylic acids is 1. The van der Waals surface area contributed by atoms with Gasteiger partial charge < -0.3 is 25.4 Å². The molecule has 3 fully saturated rings. The molecule has 0 radical (unpaired) electrons. The van der Waals surface area contributed by atoms with Gasteiger partial charge in [0.15, 0.2) is 18.4 Å². The van der Waals surface area contributed by atoms with Crippen LogP contribution in [0, 0.1) is 28.6 Å². The number of carbonyl (C=O) groups excluding carboxylic acids is 5. The van der Waals surface area contributed by atoms with Gasteiger partial charge >= 0.3 is 11.9 Å². The van der Waals surface area contributed by atoms with Gasteiger partial charge in [-0.05, 0) is 61.0 Å². The van der Waals surface area contributed by atoms with E-state index in [9.17, 15) is 44.1 Å². The molecular weight excluding hydrogens is 582 g/mol. The Hall–Kier alpha value is -3.70. The molecule has 0 aromatic heterocycles. The second kappa shape index (κ2) is 12.2. The molecule has 1 aromatic carbocycles. The number of carbonyl (C=O) groups is 6. The van der Waals surface area contributed by atoms with Crippen molar-refractivity contribution in [1.82, 2.24) is 5.32 Å². The molecule has 4 aliphatic carbocycles. The number of allylic oxidation sites excluding steroid dienone is 1. The molecule has 1 amide bonds. The second-order valence-corrected chi connectivity index (χ2v) is 13.6. The summed E-state index contributed by atoms with van der Waals surface area (Å²) in [7, 11) is 0.